The predicted octanol–water partition coefficient (Wildman–Crippen LogP) is 0.693. The standard InChI is InChI=1S/C14H23N3O4/c1-3-21-11(18)9-14(2)12(19)17(13(20)15-14)10-16-7-5-4-6-8-16/h3-10H2,1-2H3,(H,15,20). The molecular weight excluding hydrogens is 274 g/mol. The molecule has 2 aliphatic rings. The topological polar surface area (TPSA) is 79.0 Å². The summed E-state index contributed by atoms with van der Waals surface area (Å²) in [6.07, 6.45) is 3.23. The Bertz CT molecular complexity index is 434. The molecule has 2 heterocycles. The molecule has 2 aliphatic heterocycles. The van der Waals surface area contributed by atoms with E-state index in [1.165, 1.54) is 11.3 Å². The Hall–Kier alpha value is -1.63. The van der Waals surface area contributed by atoms with Gasteiger partial charge in [0.2, 0.25) is 0 Å². The minimum atomic E-state index is -1.20. The molecule has 0 aliphatic carbocycles. The first kappa shape index (κ1) is 15.8. The third-order valence-electron chi connectivity index (χ3n) is 3.94. The Labute approximate surface area is 124 Å². The number of hydrogen-bond donors (Lipinski definition) is 1. The van der Waals surface area contributed by atoms with Crippen LogP contribution in [0.15, 0.2) is 0 Å². The van der Waals surface area contributed by atoms with Crippen molar-refractivity contribution in [3.8, 4) is 0 Å². The van der Waals surface area contributed by atoms with Crippen molar-refractivity contribution >= 4 is 17.9 Å². The second-order valence-corrected chi connectivity index (χ2v) is 5.80. The molecule has 0 radical (unpaired) electrons. The maximum Gasteiger partial charge on any atom is 0.326 e. The maximum absolute atomic E-state index is 12.5. The first-order valence-electron chi connectivity index (χ1n) is 7.48. The van der Waals surface area contributed by atoms with Gasteiger partial charge in [-0.1, -0.05) is 6.42 Å². The number of nitrogens with one attached hydrogen (secondary N) is 1. The van der Waals surface area contributed by atoms with Gasteiger partial charge in [-0.3, -0.25) is 14.5 Å². The van der Waals surface area contributed by atoms with E-state index in [9.17, 15) is 14.4 Å². The molecule has 1 unspecified atom stereocenters. The van der Waals surface area contributed by atoms with Crippen LogP contribution in [0, 0.1) is 0 Å². The number of hydrogen-bond acceptors (Lipinski definition) is 5. The lowest BCUT2D eigenvalue weighted by Gasteiger charge is -2.29. The van der Waals surface area contributed by atoms with E-state index in [1.54, 1.807) is 13.8 Å². The minimum Gasteiger partial charge on any atom is -0.466 e. The normalized spacial score (nSPS) is 26.9. The lowest BCUT2D eigenvalue weighted by molar-refractivity contribution is -0.147. The van der Waals surface area contributed by atoms with Gasteiger partial charge < -0.3 is 10.1 Å². The number of carbonyl (C=O) groups excluding carboxylic acids is 3. The fourth-order valence-corrected chi connectivity index (χ4v) is 2.80. The highest BCUT2D eigenvalue weighted by atomic mass is 16.5. The molecule has 0 aromatic carbocycles. The first-order valence-corrected chi connectivity index (χ1v) is 7.48. The molecule has 1 N–H and O–H groups in total. The summed E-state index contributed by atoms with van der Waals surface area (Å²) in [5.41, 5.74) is -1.20. The molecule has 2 fully saturated rings. The predicted molar refractivity (Wildman–Crippen MR) is 75.3 cm³/mol. The van der Waals surface area contributed by atoms with Gasteiger partial charge >= 0.3 is 12.0 Å². The van der Waals surface area contributed by atoms with E-state index in [0.717, 1.165) is 25.9 Å². The summed E-state index contributed by atoms with van der Waals surface area (Å²) in [6.45, 7) is 5.62. The van der Waals surface area contributed by atoms with E-state index in [1.807, 2.05) is 0 Å². The summed E-state index contributed by atoms with van der Waals surface area (Å²) in [4.78, 5) is 39.4. The molecular formula is C14H23N3O4. The van der Waals surface area contributed by atoms with Crippen LogP contribution in [0.1, 0.15) is 39.5 Å². The Kier molecular flexibility index (Phi) is 4.82. The van der Waals surface area contributed by atoms with Crippen molar-refractivity contribution in [2.24, 2.45) is 0 Å². The Balaban J connectivity index is 1.99. The molecule has 21 heavy (non-hydrogen) atoms. The van der Waals surface area contributed by atoms with Gasteiger partial charge in [0.25, 0.3) is 5.91 Å². The van der Waals surface area contributed by atoms with E-state index in [2.05, 4.69) is 10.2 Å². The quantitative estimate of drug-likeness (QED) is 0.597. The molecule has 0 spiro atoms. The van der Waals surface area contributed by atoms with Crippen molar-refractivity contribution < 1.29 is 19.1 Å². The average Bonchev–Trinajstić information content (AvgIpc) is 2.63. The van der Waals surface area contributed by atoms with Crippen LogP contribution in [0.3, 0.4) is 0 Å². The highest BCUT2D eigenvalue weighted by molar-refractivity contribution is 6.08. The number of ether oxygens (including phenoxy) is 1. The highest BCUT2D eigenvalue weighted by Gasteiger charge is 2.49. The van der Waals surface area contributed by atoms with Crippen molar-refractivity contribution in [1.29, 1.82) is 0 Å². The fourth-order valence-electron chi connectivity index (χ4n) is 2.80. The molecule has 7 heteroatoms. The van der Waals surface area contributed by atoms with Crippen LogP contribution in [0.2, 0.25) is 0 Å². The molecule has 2 rings (SSSR count). The van der Waals surface area contributed by atoms with Gasteiger partial charge in [0.1, 0.15) is 5.54 Å². The van der Waals surface area contributed by atoms with Crippen LogP contribution < -0.4 is 5.32 Å². The van der Waals surface area contributed by atoms with Crippen LogP contribution >= 0.6 is 0 Å². The number of carbonyl (C=O) groups is 3. The second kappa shape index (κ2) is 6.43. The van der Waals surface area contributed by atoms with E-state index in [0.29, 0.717) is 6.67 Å². The molecule has 2 saturated heterocycles. The van der Waals surface area contributed by atoms with Gasteiger partial charge in [-0.15, -0.1) is 0 Å². The van der Waals surface area contributed by atoms with Crippen LogP contribution in [0.25, 0.3) is 0 Å². The van der Waals surface area contributed by atoms with Crippen molar-refractivity contribution in [3.05, 3.63) is 0 Å². The summed E-state index contributed by atoms with van der Waals surface area (Å²) in [5.74, 6) is -0.834. The number of amides is 3. The van der Waals surface area contributed by atoms with Crippen molar-refractivity contribution in [1.82, 2.24) is 15.1 Å². The largest absolute Gasteiger partial charge is 0.466 e. The van der Waals surface area contributed by atoms with Gasteiger partial charge in [-0.2, -0.15) is 0 Å². The zero-order chi connectivity index (χ0) is 15.5. The van der Waals surface area contributed by atoms with Crippen LogP contribution in [0.4, 0.5) is 4.79 Å². The Morgan fingerprint density at radius 2 is 1.95 bits per heavy atom. The van der Waals surface area contributed by atoms with Gasteiger partial charge in [0.15, 0.2) is 0 Å². The lowest BCUT2D eigenvalue weighted by atomic mass is 9.98. The molecule has 1 atom stereocenters. The van der Waals surface area contributed by atoms with Gasteiger partial charge in [0, 0.05) is 0 Å². The lowest BCUT2D eigenvalue weighted by Crippen LogP contribution is -2.47. The molecule has 118 valence electrons. The van der Waals surface area contributed by atoms with Crippen LogP contribution in [-0.4, -0.2) is 59.6 Å². The summed E-state index contributed by atoms with van der Waals surface area (Å²) in [6, 6.07) is -0.433. The summed E-state index contributed by atoms with van der Waals surface area (Å²) < 4.78 is 4.87. The van der Waals surface area contributed by atoms with Crippen LogP contribution in [0.5, 0.6) is 0 Å². The summed E-state index contributed by atoms with van der Waals surface area (Å²) >= 11 is 0. The SMILES string of the molecule is CCOC(=O)CC1(C)NC(=O)N(CN2CCCCC2)C1=O. The minimum absolute atomic E-state index is 0.137. The van der Waals surface area contributed by atoms with E-state index < -0.39 is 17.5 Å². The Morgan fingerprint density at radius 1 is 1.29 bits per heavy atom. The third-order valence-corrected chi connectivity index (χ3v) is 3.94. The van der Waals surface area contributed by atoms with Gasteiger partial charge in [-0.05, 0) is 39.8 Å². The van der Waals surface area contributed by atoms with E-state index in [-0.39, 0.29) is 18.9 Å². The zero-order valence-electron chi connectivity index (χ0n) is 12.7. The molecule has 7 nitrogen and oxygen atoms in total. The number of esters is 1. The van der Waals surface area contributed by atoms with Crippen molar-refractivity contribution in [3.63, 3.8) is 0 Å². The number of imide groups is 1. The number of likely N-dealkylation sites (tertiary alicyclic amines) is 1. The second-order valence-electron chi connectivity index (χ2n) is 5.80. The maximum atomic E-state index is 12.5. The zero-order valence-corrected chi connectivity index (χ0v) is 12.7. The highest BCUT2D eigenvalue weighted by Crippen LogP contribution is 2.22. The van der Waals surface area contributed by atoms with Gasteiger partial charge in [0.05, 0.1) is 19.7 Å². The van der Waals surface area contributed by atoms with Gasteiger partial charge in [-0.25, -0.2) is 9.69 Å². The van der Waals surface area contributed by atoms with Crippen molar-refractivity contribution in [2.75, 3.05) is 26.4 Å². The molecule has 0 bridgehead atoms. The number of urea groups is 1. The summed E-state index contributed by atoms with van der Waals surface area (Å²) in [7, 11) is 0. The van der Waals surface area contributed by atoms with E-state index in [4.69, 9.17) is 4.74 Å². The number of nitrogens with zero attached hydrogens (tertiary/aromatic N) is 2. The third kappa shape index (κ3) is 3.53. The van der Waals surface area contributed by atoms with Crippen molar-refractivity contribution in [2.45, 2.75) is 45.1 Å². The monoisotopic (exact) mass is 297 g/mol. The molecule has 3 amide bonds. The first-order chi connectivity index (χ1) is 9.96. The fraction of sp³-hybridized carbons (Fsp3) is 0.786. The average molecular weight is 297 g/mol. The smallest absolute Gasteiger partial charge is 0.326 e. The number of rotatable bonds is 5. The summed E-state index contributed by atoms with van der Waals surface area (Å²) in [5, 5.41) is 2.62. The van der Waals surface area contributed by atoms with E-state index >= 15 is 0 Å². The molecule has 0 saturated carbocycles. The number of piperidine rings is 1. The molecule has 0 aromatic rings. The molecule has 0 aromatic heterocycles. The van der Waals surface area contributed by atoms with Crippen LogP contribution in [-0.2, 0) is 14.3 Å². The Morgan fingerprint density at radius 3 is 2.57 bits per heavy atom.